The zero-order chi connectivity index (χ0) is 15.6. The van der Waals surface area contributed by atoms with Crippen molar-refractivity contribution >= 4 is 34.9 Å². The van der Waals surface area contributed by atoms with Gasteiger partial charge in [-0.15, -0.1) is 0 Å². The van der Waals surface area contributed by atoms with Crippen LogP contribution in [0.2, 0.25) is 10.0 Å². The largest absolute Gasteiger partial charge is 0.420 e. The van der Waals surface area contributed by atoms with Gasteiger partial charge in [-0.3, -0.25) is 10.1 Å². The number of hydrogen-bond acceptors (Lipinski definition) is 4. The predicted molar refractivity (Wildman–Crippen MR) is 79.3 cm³/mol. The Morgan fingerprint density at radius 3 is 2.14 bits per heavy atom. The topological polar surface area (TPSA) is 69.4 Å². The highest BCUT2D eigenvalue weighted by atomic mass is 35.5. The van der Waals surface area contributed by atoms with E-state index >= 15 is 0 Å². The number of esters is 1. The van der Waals surface area contributed by atoms with Crippen LogP contribution in [0.4, 0.5) is 5.69 Å². The van der Waals surface area contributed by atoms with Gasteiger partial charge < -0.3 is 4.74 Å². The van der Waals surface area contributed by atoms with Crippen LogP contribution in [0.3, 0.4) is 0 Å². The van der Waals surface area contributed by atoms with E-state index in [2.05, 4.69) is 0 Å². The average Bonchev–Trinajstić information content (AvgIpc) is 2.42. The van der Waals surface area contributed by atoms with E-state index in [0.717, 1.165) is 5.56 Å². The van der Waals surface area contributed by atoms with Crippen LogP contribution < -0.4 is 4.74 Å². The first-order valence-corrected chi connectivity index (χ1v) is 6.56. The van der Waals surface area contributed by atoms with Crippen molar-refractivity contribution in [1.29, 1.82) is 0 Å². The molecule has 0 heterocycles. The number of benzene rings is 2. The van der Waals surface area contributed by atoms with E-state index < -0.39 is 10.9 Å². The summed E-state index contributed by atoms with van der Waals surface area (Å²) in [5, 5.41) is 11.0. The van der Waals surface area contributed by atoms with Gasteiger partial charge in [0.1, 0.15) is 0 Å². The lowest BCUT2D eigenvalue weighted by Gasteiger charge is -2.09. The Morgan fingerprint density at radius 2 is 1.67 bits per heavy atom. The summed E-state index contributed by atoms with van der Waals surface area (Å²) in [6.45, 7) is 1.81. The Labute approximate surface area is 130 Å². The zero-order valence-corrected chi connectivity index (χ0v) is 12.3. The molecule has 0 atom stereocenters. The van der Waals surface area contributed by atoms with Crippen molar-refractivity contribution in [3.8, 4) is 5.75 Å². The molecule has 0 aliphatic rings. The first-order valence-electron chi connectivity index (χ1n) is 5.81. The lowest BCUT2D eigenvalue weighted by atomic mass is 10.2. The Kier molecular flexibility index (Phi) is 4.45. The molecule has 0 aliphatic heterocycles. The van der Waals surface area contributed by atoms with Gasteiger partial charge in [-0.05, 0) is 36.8 Å². The van der Waals surface area contributed by atoms with Crippen LogP contribution >= 0.6 is 23.2 Å². The second-order valence-electron chi connectivity index (χ2n) is 4.25. The average molecular weight is 326 g/mol. The minimum atomic E-state index is -0.697. The number of nitro groups is 1. The monoisotopic (exact) mass is 325 g/mol. The van der Waals surface area contributed by atoms with E-state index in [0.29, 0.717) is 0 Å². The van der Waals surface area contributed by atoms with Crippen molar-refractivity contribution in [2.24, 2.45) is 0 Å². The van der Waals surface area contributed by atoms with E-state index in [1.807, 2.05) is 0 Å². The first-order chi connectivity index (χ1) is 9.88. The third-order valence-electron chi connectivity index (χ3n) is 2.65. The molecule has 5 nitrogen and oxygen atoms in total. The van der Waals surface area contributed by atoms with Crippen LogP contribution in [0.1, 0.15) is 15.9 Å². The molecule has 0 saturated heterocycles. The van der Waals surface area contributed by atoms with Gasteiger partial charge in [0.05, 0.1) is 20.5 Å². The quantitative estimate of drug-likeness (QED) is 0.362. The molecule has 2 aromatic rings. The van der Waals surface area contributed by atoms with Gasteiger partial charge in [0.25, 0.3) is 5.69 Å². The van der Waals surface area contributed by atoms with Crippen LogP contribution in [0.25, 0.3) is 0 Å². The number of halogens is 2. The molecule has 108 valence electrons. The number of aryl methyl sites for hydroxylation is 1. The molecule has 0 unspecified atom stereocenters. The van der Waals surface area contributed by atoms with E-state index in [4.69, 9.17) is 27.9 Å². The molecule has 0 amide bonds. The number of nitro benzene ring substituents is 1. The van der Waals surface area contributed by atoms with Crippen molar-refractivity contribution in [2.75, 3.05) is 0 Å². The number of rotatable bonds is 3. The molecule has 0 aliphatic carbocycles. The van der Waals surface area contributed by atoms with Crippen LogP contribution in [-0.4, -0.2) is 10.9 Å². The molecule has 2 rings (SSSR count). The maximum atomic E-state index is 12.0. The predicted octanol–water partition coefficient (Wildman–Crippen LogP) is 4.43. The van der Waals surface area contributed by atoms with Crippen molar-refractivity contribution < 1.29 is 14.5 Å². The van der Waals surface area contributed by atoms with Crippen LogP contribution in [0.5, 0.6) is 5.75 Å². The van der Waals surface area contributed by atoms with E-state index in [1.165, 1.54) is 24.3 Å². The molecular formula is C14H9Cl2NO4. The normalized spacial score (nSPS) is 10.2. The van der Waals surface area contributed by atoms with Gasteiger partial charge in [-0.25, -0.2) is 4.79 Å². The standard InChI is InChI=1S/C14H9Cl2NO4/c1-8-6-11(15)13(12(16)7-8)21-14(18)9-2-4-10(5-3-9)17(19)20/h2-7H,1H3. The third kappa shape index (κ3) is 3.51. The Balaban J connectivity index is 2.24. The second-order valence-corrected chi connectivity index (χ2v) is 5.07. The molecular weight excluding hydrogens is 317 g/mol. The van der Waals surface area contributed by atoms with Crippen LogP contribution in [0.15, 0.2) is 36.4 Å². The maximum absolute atomic E-state index is 12.0. The molecule has 0 fully saturated rings. The first kappa shape index (κ1) is 15.3. The fraction of sp³-hybridized carbons (Fsp3) is 0.0714. The zero-order valence-electron chi connectivity index (χ0n) is 10.8. The Hall–Kier alpha value is -2.11. The van der Waals surface area contributed by atoms with Gasteiger partial charge in [0.15, 0.2) is 5.75 Å². The van der Waals surface area contributed by atoms with Gasteiger partial charge in [0, 0.05) is 12.1 Å². The smallest absolute Gasteiger partial charge is 0.343 e. The highest BCUT2D eigenvalue weighted by molar-refractivity contribution is 6.37. The molecule has 0 bridgehead atoms. The third-order valence-corrected chi connectivity index (χ3v) is 3.21. The van der Waals surface area contributed by atoms with Crippen molar-refractivity contribution in [3.05, 3.63) is 67.7 Å². The number of non-ortho nitro benzene ring substituents is 1. The molecule has 7 heteroatoms. The van der Waals surface area contributed by atoms with Gasteiger partial charge in [0.2, 0.25) is 0 Å². The fourth-order valence-electron chi connectivity index (χ4n) is 1.65. The van der Waals surface area contributed by atoms with Crippen LogP contribution in [-0.2, 0) is 0 Å². The van der Waals surface area contributed by atoms with Gasteiger partial charge in [-0.1, -0.05) is 23.2 Å². The number of carbonyl (C=O) groups excluding carboxylic acids is 1. The van der Waals surface area contributed by atoms with Crippen LogP contribution in [0, 0.1) is 17.0 Å². The Morgan fingerprint density at radius 1 is 1.14 bits per heavy atom. The van der Waals surface area contributed by atoms with Gasteiger partial charge in [-0.2, -0.15) is 0 Å². The summed E-state index contributed by atoms with van der Waals surface area (Å²) < 4.78 is 5.14. The molecule has 0 N–H and O–H groups in total. The van der Waals surface area contributed by atoms with Crippen molar-refractivity contribution in [3.63, 3.8) is 0 Å². The second kappa shape index (κ2) is 6.11. The molecule has 0 spiro atoms. The summed E-state index contributed by atoms with van der Waals surface area (Å²) in [6, 6.07) is 8.27. The summed E-state index contributed by atoms with van der Waals surface area (Å²) in [5.41, 5.74) is 0.881. The van der Waals surface area contributed by atoms with E-state index in [9.17, 15) is 14.9 Å². The number of carbonyl (C=O) groups is 1. The van der Waals surface area contributed by atoms with Gasteiger partial charge >= 0.3 is 5.97 Å². The molecule has 21 heavy (non-hydrogen) atoms. The molecule has 2 aromatic carbocycles. The molecule has 0 saturated carbocycles. The summed E-state index contributed by atoms with van der Waals surface area (Å²) in [7, 11) is 0. The summed E-state index contributed by atoms with van der Waals surface area (Å²) in [5.74, 6) is -0.634. The van der Waals surface area contributed by atoms with Crippen molar-refractivity contribution in [2.45, 2.75) is 6.92 Å². The number of nitrogens with zero attached hydrogens (tertiary/aromatic N) is 1. The summed E-state index contributed by atoms with van der Waals surface area (Å²) >= 11 is 12.0. The number of hydrogen-bond donors (Lipinski definition) is 0. The summed E-state index contributed by atoms with van der Waals surface area (Å²) in [6.07, 6.45) is 0. The van der Waals surface area contributed by atoms with E-state index in [1.54, 1.807) is 19.1 Å². The number of ether oxygens (including phenoxy) is 1. The van der Waals surface area contributed by atoms with Crippen molar-refractivity contribution in [1.82, 2.24) is 0 Å². The lowest BCUT2D eigenvalue weighted by molar-refractivity contribution is -0.384. The minimum Gasteiger partial charge on any atom is -0.420 e. The highest BCUT2D eigenvalue weighted by Gasteiger charge is 2.16. The SMILES string of the molecule is Cc1cc(Cl)c(OC(=O)c2ccc([N+](=O)[O-])cc2)c(Cl)c1. The molecule has 0 aromatic heterocycles. The molecule has 0 radical (unpaired) electrons. The minimum absolute atomic E-state index is 0.0623. The maximum Gasteiger partial charge on any atom is 0.343 e. The fourth-order valence-corrected chi connectivity index (χ4v) is 2.33. The highest BCUT2D eigenvalue weighted by Crippen LogP contribution is 2.34. The van der Waals surface area contributed by atoms with E-state index in [-0.39, 0.29) is 27.0 Å². The lowest BCUT2D eigenvalue weighted by Crippen LogP contribution is -2.09. The summed E-state index contributed by atoms with van der Waals surface area (Å²) in [4.78, 5) is 22.0. The Bertz CT molecular complexity index is 690.